The van der Waals surface area contributed by atoms with Gasteiger partial charge in [0.15, 0.2) is 0 Å². The van der Waals surface area contributed by atoms with E-state index in [0.717, 1.165) is 17.9 Å². The van der Waals surface area contributed by atoms with Gasteiger partial charge >= 0.3 is 0 Å². The normalized spacial score (nSPS) is 18.8. The number of benzene rings is 2. The molecule has 29 heavy (non-hydrogen) atoms. The number of aryl methyl sites for hydroxylation is 1. The van der Waals surface area contributed by atoms with Crippen LogP contribution in [0.15, 0.2) is 48.5 Å². The molecule has 2 aliphatic rings. The van der Waals surface area contributed by atoms with Crippen LogP contribution >= 0.6 is 0 Å². The number of nitrogens with zero attached hydrogens (tertiary/aromatic N) is 1. The van der Waals surface area contributed by atoms with Gasteiger partial charge < -0.3 is 20.1 Å². The molecule has 2 aromatic carbocycles. The summed E-state index contributed by atoms with van der Waals surface area (Å²) >= 11 is 0. The summed E-state index contributed by atoms with van der Waals surface area (Å²) < 4.78 is 11.6. The van der Waals surface area contributed by atoms with Crippen molar-refractivity contribution in [3.05, 3.63) is 65.2 Å². The number of rotatable bonds is 8. The zero-order valence-electron chi connectivity index (χ0n) is 17.3. The molecule has 0 spiro atoms. The van der Waals surface area contributed by atoms with E-state index >= 15 is 0 Å². The number of hydrogen-bond donors (Lipinski definition) is 1. The van der Waals surface area contributed by atoms with Crippen LogP contribution in [0.5, 0.6) is 5.75 Å². The Bertz CT molecular complexity index is 855. The molecule has 2 fully saturated rings. The summed E-state index contributed by atoms with van der Waals surface area (Å²) in [5.74, 6) is 1.46. The summed E-state index contributed by atoms with van der Waals surface area (Å²) in [7, 11) is 1.64. The highest BCUT2D eigenvalue weighted by atomic mass is 16.5. The quantitative estimate of drug-likeness (QED) is 0.747. The van der Waals surface area contributed by atoms with Crippen LogP contribution < -0.4 is 10.5 Å². The number of ether oxygens (including phenoxy) is 2. The molecule has 4 rings (SSSR count). The first-order valence-corrected chi connectivity index (χ1v) is 10.4. The first kappa shape index (κ1) is 19.9. The summed E-state index contributed by atoms with van der Waals surface area (Å²) in [6, 6.07) is 15.5. The topological polar surface area (TPSA) is 64.8 Å². The van der Waals surface area contributed by atoms with Crippen molar-refractivity contribution in [2.45, 2.75) is 37.8 Å². The molecule has 1 heterocycles. The molecule has 1 aliphatic carbocycles. The van der Waals surface area contributed by atoms with Crippen molar-refractivity contribution in [2.75, 3.05) is 26.8 Å². The van der Waals surface area contributed by atoms with Crippen LogP contribution in [0, 0.1) is 12.8 Å². The van der Waals surface area contributed by atoms with E-state index in [0.29, 0.717) is 25.4 Å². The van der Waals surface area contributed by atoms with Crippen LogP contribution in [-0.4, -0.2) is 43.7 Å². The van der Waals surface area contributed by atoms with Gasteiger partial charge in [0.05, 0.1) is 32.8 Å². The average Bonchev–Trinajstić information content (AvgIpc) is 3.53. The van der Waals surface area contributed by atoms with E-state index < -0.39 is 11.6 Å². The van der Waals surface area contributed by atoms with E-state index in [-0.39, 0.29) is 5.91 Å². The van der Waals surface area contributed by atoms with Crippen LogP contribution in [-0.2, 0) is 21.6 Å². The molecule has 5 nitrogen and oxygen atoms in total. The highest BCUT2D eigenvalue weighted by Crippen LogP contribution is 2.40. The Morgan fingerprint density at radius 3 is 2.48 bits per heavy atom. The molecule has 1 aliphatic heterocycles. The highest BCUT2D eigenvalue weighted by molar-refractivity contribution is 5.83. The van der Waals surface area contributed by atoms with Crippen LogP contribution in [0.3, 0.4) is 0 Å². The molecule has 1 saturated heterocycles. The third-order valence-corrected chi connectivity index (χ3v) is 6.06. The van der Waals surface area contributed by atoms with Crippen molar-refractivity contribution in [1.82, 2.24) is 4.90 Å². The van der Waals surface area contributed by atoms with E-state index in [1.807, 2.05) is 41.3 Å². The molecule has 1 atom stereocenters. The van der Waals surface area contributed by atoms with Gasteiger partial charge in [0, 0.05) is 0 Å². The van der Waals surface area contributed by atoms with Gasteiger partial charge in [0.1, 0.15) is 11.4 Å². The molecule has 5 heteroatoms. The summed E-state index contributed by atoms with van der Waals surface area (Å²) in [5, 5.41) is 0. The number of methoxy groups -OCH3 is 1. The number of amides is 1. The third kappa shape index (κ3) is 4.31. The Labute approximate surface area is 172 Å². The predicted octanol–water partition coefficient (Wildman–Crippen LogP) is 3.04. The average molecular weight is 395 g/mol. The van der Waals surface area contributed by atoms with E-state index in [1.165, 1.54) is 24.0 Å². The zero-order valence-corrected chi connectivity index (χ0v) is 17.3. The summed E-state index contributed by atoms with van der Waals surface area (Å²) in [5.41, 5.74) is 9.28. The molecular weight excluding hydrogens is 364 g/mol. The fraction of sp³-hybridized carbons (Fsp3) is 0.458. The SMILES string of the molecule is COc1ccc(C[C@@H](N)C(=O)N2CC(OCC3CC3)(c3ccccc3C)C2)cc1. The number of hydrogen-bond acceptors (Lipinski definition) is 4. The first-order valence-electron chi connectivity index (χ1n) is 10.4. The Morgan fingerprint density at radius 2 is 1.86 bits per heavy atom. The summed E-state index contributed by atoms with van der Waals surface area (Å²) in [4.78, 5) is 14.8. The lowest BCUT2D eigenvalue weighted by atomic mass is 9.82. The molecule has 1 saturated carbocycles. The molecule has 2 N–H and O–H groups in total. The Kier molecular flexibility index (Phi) is 5.61. The molecule has 0 aromatic heterocycles. The number of likely N-dealkylation sites (tertiary alicyclic amines) is 1. The van der Waals surface area contributed by atoms with Gasteiger partial charge in [-0.25, -0.2) is 0 Å². The summed E-state index contributed by atoms with van der Waals surface area (Å²) in [6.07, 6.45) is 3.01. The minimum absolute atomic E-state index is 0.0138. The highest BCUT2D eigenvalue weighted by Gasteiger charge is 2.49. The Morgan fingerprint density at radius 1 is 1.17 bits per heavy atom. The maximum atomic E-state index is 12.9. The lowest BCUT2D eigenvalue weighted by Crippen LogP contribution is -2.65. The smallest absolute Gasteiger partial charge is 0.240 e. The third-order valence-electron chi connectivity index (χ3n) is 6.06. The standard InChI is InChI=1S/C24H30N2O3/c1-17-5-3-4-6-21(17)24(29-14-19-7-8-19)15-26(16-24)23(27)22(25)13-18-9-11-20(28-2)12-10-18/h3-6,9-12,19,22H,7-8,13-16,25H2,1-2H3/t22-/m1/s1. The minimum Gasteiger partial charge on any atom is -0.497 e. The van der Waals surface area contributed by atoms with Gasteiger partial charge in [-0.3, -0.25) is 4.79 Å². The molecule has 2 aromatic rings. The van der Waals surface area contributed by atoms with E-state index in [9.17, 15) is 4.79 Å². The molecular formula is C24H30N2O3. The van der Waals surface area contributed by atoms with E-state index in [1.54, 1.807) is 7.11 Å². The second-order valence-electron chi connectivity index (χ2n) is 8.42. The molecule has 0 bridgehead atoms. The Hall–Kier alpha value is -2.37. The van der Waals surface area contributed by atoms with E-state index in [2.05, 4.69) is 19.1 Å². The Balaban J connectivity index is 1.41. The minimum atomic E-state index is -0.554. The molecule has 0 radical (unpaired) electrons. The maximum absolute atomic E-state index is 12.9. The van der Waals surface area contributed by atoms with E-state index in [4.69, 9.17) is 15.2 Å². The lowest BCUT2D eigenvalue weighted by molar-refractivity contribution is -0.175. The second kappa shape index (κ2) is 8.17. The van der Waals surface area contributed by atoms with Crippen LogP contribution in [0.1, 0.15) is 29.5 Å². The van der Waals surface area contributed by atoms with Crippen molar-refractivity contribution in [1.29, 1.82) is 0 Å². The zero-order chi connectivity index (χ0) is 20.4. The predicted molar refractivity (Wildman–Crippen MR) is 113 cm³/mol. The van der Waals surface area contributed by atoms with Crippen molar-refractivity contribution in [3.8, 4) is 5.75 Å². The van der Waals surface area contributed by atoms with Gasteiger partial charge in [-0.05, 0) is 60.9 Å². The fourth-order valence-electron chi connectivity index (χ4n) is 4.05. The van der Waals surface area contributed by atoms with Crippen molar-refractivity contribution < 1.29 is 14.3 Å². The molecule has 154 valence electrons. The van der Waals surface area contributed by atoms with Crippen LogP contribution in [0.25, 0.3) is 0 Å². The number of carbonyl (C=O) groups is 1. The fourth-order valence-corrected chi connectivity index (χ4v) is 4.05. The van der Waals surface area contributed by atoms with Crippen molar-refractivity contribution in [3.63, 3.8) is 0 Å². The lowest BCUT2D eigenvalue weighted by Gasteiger charge is -2.51. The van der Waals surface area contributed by atoms with Crippen molar-refractivity contribution >= 4 is 5.91 Å². The largest absolute Gasteiger partial charge is 0.497 e. The van der Waals surface area contributed by atoms with Gasteiger partial charge in [-0.2, -0.15) is 0 Å². The van der Waals surface area contributed by atoms with Gasteiger partial charge in [0.2, 0.25) is 5.91 Å². The number of carbonyl (C=O) groups excluding carboxylic acids is 1. The van der Waals surface area contributed by atoms with Gasteiger partial charge in [-0.1, -0.05) is 36.4 Å². The second-order valence-corrected chi connectivity index (χ2v) is 8.42. The van der Waals surface area contributed by atoms with Gasteiger partial charge in [-0.15, -0.1) is 0 Å². The summed E-state index contributed by atoms with van der Waals surface area (Å²) in [6.45, 7) is 4.02. The molecule has 0 unspecified atom stereocenters. The molecule has 1 amide bonds. The maximum Gasteiger partial charge on any atom is 0.240 e. The van der Waals surface area contributed by atoms with Crippen molar-refractivity contribution in [2.24, 2.45) is 11.7 Å². The number of nitrogens with two attached hydrogens (primary N) is 1. The van der Waals surface area contributed by atoms with Crippen LogP contribution in [0.4, 0.5) is 0 Å². The van der Waals surface area contributed by atoms with Crippen LogP contribution in [0.2, 0.25) is 0 Å². The van der Waals surface area contributed by atoms with Gasteiger partial charge in [0.25, 0.3) is 0 Å². The first-order chi connectivity index (χ1) is 14.0. The monoisotopic (exact) mass is 394 g/mol.